The Balaban J connectivity index is 1.72. The average molecular weight is 434 g/mol. The van der Waals surface area contributed by atoms with Gasteiger partial charge in [-0.1, -0.05) is 41.6 Å². The van der Waals surface area contributed by atoms with Crippen molar-refractivity contribution in [3.05, 3.63) is 89.1 Å². The predicted molar refractivity (Wildman–Crippen MR) is 123 cm³/mol. The molecule has 0 fully saturated rings. The lowest BCUT2D eigenvalue weighted by Gasteiger charge is -2.18. The molecule has 0 aliphatic heterocycles. The number of hydrogen-bond acceptors (Lipinski definition) is 6. The van der Waals surface area contributed by atoms with Gasteiger partial charge in [-0.25, -0.2) is 4.98 Å². The minimum Gasteiger partial charge on any atom is -0.438 e. The molecular weight excluding hydrogens is 406 g/mol. The van der Waals surface area contributed by atoms with Gasteiger partial charge in [0.15, 0.2) is 0 Å². The van der Waals surface area contributed by atoms with Crippen LogP contribution >= 0.6 is 0 Å². The minimum atomic E-state index is -0.908. The van der Waals surface area contributed by atoms with Crippen LogP contribution in [0.4, 0.5) is 0 Å². The number of oxime groups is 1. The molecule has 0 aliphatic carbocycles. The quantitative estimate of drug-likeness (QED) is 0.406. The molecule has 32 heavy (non-hydrogen) atoms. The van der Waals surface area contributed by atoms with Crippen molar-refractivity contribution in [3.63, 3.8) is 0 Å². The smallest absolute Gasteiger partial charge is 0.257 e. The van der Waals surface area contributed by atoms with Crippen molar-refractivity contribution in [2.24, 2.45) is 5.16 Å². The van der Waals surface area contributed by atoms with E-state index in [0.717, 1.165) is 16.7 Å². The van der Waals surface area contributed by atoms with Crippen molar-refractivity contribution in [1.82, 2.24) is 10.3 Å². The third-order valence-electron chi connectivity index (χ3n) is 4.82. The Bertz CT molecular complexity index is 1100. The Hall–Kier alpha value is -3.71. The van der Waals surface area contributed by atoms with Crippen LogP contribution in [0.15, 0.2) is 72.0 Å². The number of aliphatic hydroxyl groups is 1. The van der Waals surface area contributed by atoms with E-state index in [4.69, 9.17) is 9.57 Å². The molecule has 1 aromatic heterocycles. The lowest BCUT2D eigenvalue weighted by Crippen LogP contribution is -2.23. The van der Waals surface area contributed by atoms with Crippen molar-refractivity contribution >= 4 is 11.6 Å². The van der Waals surface area contributed by atoms with Gasteiger partial charge in [0, 0.05) is 18.3 Å². The van der Waals surface area contributed by atoms with Gasteiger partial charge in [-0.2, -0.15) is 0 Å². The largest absolute Gasteiger partial charge is 0.438 e. The molecule has 2 N–H and O–H groups in total. The van der Waals surface area contributed by atoms with E-state index < -0.39 is 5.60 Å². The molecule has 2 aromatic carbocycles. The molecule has 7 nitrogen and oxygen atoms in total. The monoisotopic (exact) mass is 433 g/mol. The second-order valence-electron chi connectivity index (χ2n) is 7.78. The van der Waals surface area contributed by atoms with E-state index in [1.165, 1.54) is 7.11 Å². The van der Waals surface area contributed by atoms with Crippen LogP contribution in [0.5, 0.6) is 11.6 Å². The topological polar surface area (TPSA) is 93.0 Å². The fraction of sp³-hybridized carbons (Fsp3) is 0.240. The van der Waals surface area contributed by atoms with E-state index in [1.807, 2.05) is 43.3 Å². The highest BCUT2D eigenvalue weighted by molar-refractivity contribution is 5.98. The number of aromatic nitrogens is 1. The first kappa shape index (κ1) is 23.0. The zero-order chi connectivity index (χ0) is 23.1. The Labute approximate surface area is 187 Å². The summed E-state index contributed by atoms with van der Waals surface area (Å²) in [5, 5.41) is 16.9. The number of amides is 1. The number of ether oxygens (including phenoxy) is 1. The number of carbonyl (C=O) groups excluding carboxylic acids is 1. The number of carbonyl (C=O) groups is 1. The predicted octanol–water partition coefficient (Wildman–Crippen LogP) is 4.40. The van der Waals surface area contributed by atoms with Crippen LogP contribution in [-0.2, 0) is 17.0 Å². The molecule has 1 amide bonds. The van der Waals surface area contributed by atoms with Gasteiger partial charge < -0.3 is 20.0 Å². The van der Waals surface area contributed by atoms with Crippen LogP contribution in [0.1, 0.15) is 47.8 Å². The number of rotatable bonds is 8. The lowest BCUT2D eigenvalue weighted by atomic mass is 9.97. The van der Waals surface area contributed by atoms with Gasteiger partial charge in [0.05, 0.1) is 11.3 Å². The van der Waals surface area contributed by atoms with Crippen molar-refractivity contribution in [1.29, 1.82) is 0 Å². The van der Waals surface area contributed by atoms with Gasteiger partial charge in [0.1, 0.15) is 18.4 Å². The summed E-state index contributed by atoms with van der Waals surface area (Å²) in [6.07, 6.45) is 1.57. The summed E-state index contributed by atoms with van der Waals surface area (Å²) in [7, 11) is 1.49. The first-order valence-electron chi connectivity index (χ1n) is 10.2. The zero-order valence-corrected chi connectivity index (χ0v) is 18.6. The van der Waals surface area contributed by atoms with Crippen molar-refractivity contribution in [2.45, 2.75) is 32.9 Å². The summed E-state index contributed by atoms with van der Waals surface area (Å²) in [5.74, 6) is 0.442. The van der Waals surface area contributed by atoms with Gasteiger partial charge in [-0.15, -0.1) is 0 Å². The summed E-state index contributed by atoms with van der Waals surface area (Å²) >= 11 is 0. The molecule has 0 saturated heterocycles. The van der Waals surface area contributed by atoms with Crippen LogP contribution in [-0.4, -0.2) is 28.8 Å². The molecule has 166 valence electrons. The molecule has 0 saturated carbocycles. The highest BCUT2D eigenvalue weighted by Gasteiger charge is 2.16. The Morgan fingerprint density at radius 2 is 1.88 bits per heavy atom. The summed E-state index contributed by atoms with van der Waals surface area (Å²) in [6.45, 7) is 5.63. The summed E-state index contributed by atoms with van der Waals surface area (Å²) in [6, 6.07) is 18.1. The van der Waals surface area contributed by atoms with E-state index in [1.54, 1.807) is 44.3 Å². The standard InChI is InChI=1S/C25H27N3O4/c1-17(28-31-4)19-7-5-8-21(15-19)32-24-22(9-6-14-26-24)23(29)27-16-18-10-12-20(13-11-18)25(2,3)30/h5-15,30H,16H2,1-4H3,(H,27,29)/b28-17+. The van der Waals surface area contributed by atoms with Gasteiger partial charge >= 0.3 is 0 Å². The summed E-state index contributed by atoms with van der Waals surface area (Å²) in [4.78, 5) is 21.9. The summed E-state index contributed by atoms with van der Waals surface area (Å²) in [5.41, 5.74) is 2.68. The van der Waals surface area contributed by atoms with Crippen LogP contribution in [0.3, 0.4) is 0 Å². The van der Waals surface area contributed by atoms with Crippen LogP contribution in [0, 0.1) is 0 Å². The van der Waals surface area contributed by atoms with Gasteiger partial charge in [0.2, 0.25) is 5.88 Å². The second kappa shape index (κ2) is 10.1. The number of hydrogen-bond donors (Lipinski definition) is 2. The molecular formula is C25H27N3O4. The van der Waals surface area contributed by atoms with Crippen molar-refractivity contribution < 1.29 is 19.5 Å². The van der Waals surface area contributed by atoms with Crippen molar-refractivity contribution in [3.8, 4) is 11.6 Å². The number of nitrogens with one attached hydrogen (secondary N) is 1. The Kier molecular flexibility index (Phi) is 7.22. The highest BCUT2D eigenvalue weighted by atomic mass is 16.6. The molecule has 3 aromatic rings. The van der Waals surface area contributed by atoms with Crippen molar-refractivity contribution in [2.75, 3.05) is 7.11 Å². The summed E-state index contributed by atoms with van der Waals surface area (Å²) < 4.78 is 5.91. The van der Waals surface area contributed by atoms with E-state index in [-0.39, 0.29) is 11.8 Å². The van der Waals surface area contributed by atoms with Gasteiger partial charge in [0.25, 0.3) is 5.91 Å². The number of benzene rings is 2. The van der Waals surface area contributed by atoms with Crippen LogP contribution < -0.4 is 10.1 Å². The zero-order valence-electron chi connectivity index (χ0n) is 18.6. The molecule has 1 heterocycles. The van der Waals surface area contributed by atoms with Gasteiger partial charge in [-0.3, -0.25) is 4.79 Å². The van der Waals surface area contributed by atoms with Crippen LogP contribution in [0.2, 0.25) is 0 Å². The molecule has 0 spiro atoms. The minimum absolute atomic E-state index is 0.209. The molecule has 7 heteroatoms. The Morgan fingerprint density at radius 1 is 1.12 bits per heavy atom. The Morgan fingerprint density at radius 3 is 2.56 bits per heavy atom. The normalized spacial score (nSPS) is 11.7. The van der Waals surface area contributed by atoms with E-state index in [0.29, 0.717) is 23.6 Å². The molecule has 0 radical (unpaired) electrons. The number of pyridine rings is 1. The van der Waals surface area contributed by atoms with E-state index >= 15 is 0 Å². The molecule has 0 unspecified atom stereocenters. The SMILES string of the molecule is CO/N=C(\C)c1cccc(Oc2ncccc2C(=O)NCc2ccc(C(C)(C)O)cc2)c1. The van der Waals surface area contributed by atoms with Gasteiger partial charge in [-0.05, 0) is 56.2 Å². The molecule has 0 aliphatic rings. The maximum Gasteiger partial charge on any atom is 0.257 e. The highest BCUT2D eigenvalue weighted by Crippen LogP contribution is 2.24. The second-order valence-corrected chi connectivity index (χ2v) is 7.78. The molecule has 0 bridgehead atoms. The maximum atomic E-state index is 12.8. The first-order valence-corrected chi connectivity index (χ1v) is 10.2. The third kappa shape index (κ3) is 5.92. The molecule has 3 rings (SSSR count). The van der Waals surface area contributed by atoms with E-state index in [9.17, 15) is 9.90 Å². The maximum absolute atomic E-state index is 12.8. The fourth-order valence-electron chi connectivity index (χ4n) is 3.04. The van der Waals surface area contributed by atoms with Crippen LogP contribution in [0.25, 0.3) is 0 Å². The third-order valence-corrected chi connectivity index (χ3v) is 4.82. The lowest BCUT2D eigenvalue weighted by molar-refractivity contribution is 0.0785. The first-order chi connectivity index (χ1) is 15.3. The van der Waals surface area contributed by atoms with E-state index in [2.05, 4.69) is 15.5 Å². The average Bonchev–Trinajstić information content (AvgIpc) is 2.78. The fourth-order valence-corrected chi connectivity index (χ4v) is 3.04. The molecule has 0 atom stereocenters. The number of nitrogens with zero attached hydrogens (tertiary/aromatic N) is 2.